The van der Waals surface area contributed by atoms with Crippen LogP contribution in [0.1, 0.15) is 43.9 Å². The van der Waals surface area contributed by atoms with Gasteiger partial charge in [-0.2, -0.15) is 18.4 Å². The van der Waals surface area contributed by atoms with E-state index in [1.807, 2.05) is 0 Å². The summed E-state index contributed by atoms with van der Waals surface area (Å²) in [6, 6.07) is 2.73. The summed E-state index contributed by atoms with van der Waals surface area (Å²) in [6.45, 7) is 4.34. The van der Waals surface area contributed by atoms with E-state index in [0.29, 0.717) is 12.1 Å². The Kier molecular flexibility index (Phi) is 5.39. The highest BCUT2D eigenvalue weighted by atomic mass is 19.4. The Morgan fingerprint density at radius 3 is 2.12 bits per heavy atom. The monoisotopic (exact) mass is 347 g/mol. The maximum absolute atomic E-state index is 13.1. The van der Waals surface area contributed by atoms with Gasteiger partial charge in [0, 0.05) is 16.5 Å². The molecule has 1 rings (SSSR count). The first-order chi connectivity index (χ1) is 10.8. The van der Waals surface area contributed by atoms with Crippen molar-refractivity contribution in [3.63, 3.8) is 0 Å². The Balaban J connectivity index is 3.63. The molecule has 1 aromatic carbocycles. The van der Waals surface area contributed by atoms with E-state index in [1.165, 1.54) is 26.8 Å². The van der Waals surface area contributed by atoms with Crippen molar-refractivity contribution in [1.82, 2.24) is 0 Å². The number of carbonyl (C=O) groups excluding carboxylic acids is 1. The van der Waals surface area contributed by atoms with Crippen molar-refractivity contribution in [1.29, 1.82) is 5.26 Å². The van der Waals surface area contributed by atoms with Gasteiger partial charge in [0.25, 0.3) is 6.43 Å². The van der Waals surface area contributed by atoms with Gasteiger partial charge in [-0.3, -0.25) is 4.79 Å². The lowest BCUT2D eigenvalue weighted by atomic mass is 9.85. The lowest BCUT2D eigenvalue weighted by Crippen LogP contribution is -2.22. The third-order valence-corrected chi connectivity index (χ3v) is 3.13. The third-order valence-electron chi connectivity index (χ3n) is 3.13. The molecule has 0 heterocycles. The van der Waals surface area contributed by atoms with Gasteiger partial charge in [-0.15, -0.1) is 0 Å². The molecule has 0 radical (unpaired) electrons. The van der Waals surface area contributed by atoms with Crippen LogP contribution in [0.25, 0.3) is 5.76 Å². The normalized spacial score (nSPS) is 13.5. The van der Waals surface area contributed by atoms with Crippen LogP contribution in [-0.2, 0) is 11.0 Å². The fraction of sp³-hybridized carbons (Fsp3) is 0.375. The molecule has 0 atom stereocenters. The number of hydrogen-bond donors (Lipinski definition) is 1. The average molecular weight is 347 g/mol. The summed E-state index contributed by atoms with van der Waals surface area (Å²) in [7, 11) is 0. The van der Waals surface area contributed by atoms with Gasteiger partial charge < -0.3 is 5.11 Å². The smallest absolute Gasteiger partial charge is 0.416 e. The molecule has 0 unspecified atom stereocenters. The number of nitriles is 1. The Morgan fingerprint density at radius 2 is 1.75 bits per heavy atom. The van der Waals surface area contributed by atoms with Crippen molar-refractivity contribution in [2.75, 3.05) is 0 Å². The zero-order chi connectivity index (χ0) is 18.9. The van der Waals surface area contributed by atoms with Crippen LogP contribution in [0.2, 0.25) is 0 Å². The van der Waals surface area contributed by atoms with Crippen molar-refractivity contribution >= 4 is 11.5 Å². The summed E-state index contributed by atoms with van der Waals surface area (Å²) in [5.74, 6) is -1.89. The van der Waals surface area contributed by atoms with Gasteiger partial charge in [-0.1, -0.05) is 26.8 Å². The molecule has 0 spiro atoms. The Labute approximate surface area is 135 Å². The highest BCUT2D eigenvalue weighted by molar-refractivity contribution is 6.07. The second kappa shape index (κ2) is 6.59. The number of aliphatic hydroxyl groups is 1. The second-order valence-corrected chi connectivity index (χ2v) is 6.02. The second-order valence-electron chi connectivity index (χ2n) is 6.02. The quantitative estimate of drug-likeness (QED) is 0.360. The van der Waals surface area contributed by atoms with Crippen molar-refractivity contribution < 1.29 is 31.9 Å². The molecule has 3 nitrogen and oxygen atoms in total. The average Bonchev–Trinajstić information content (AvgIpc) is 2.45. The third kappa shape index (κ3) is 4.10. The molecule has 0 saturated heterocycles. The number of carbonyl (C=O) groups is 1. The summed E-state index contributed by atoms with van der Waals surface area (Å²) in [5, 5.41) is 19.1. The molecule has 1 aromatic rings. The molecule has 0 aromatic heterocycles. The molecule has 0 aliphatic rings. The standard InChI is InChI=1S/C16H14F5NO2/c1-15(2,3)13(24)11(7-22)12(23)9-5-4-8(16(19,20)21)6-10(9)14(17)18/h4-6,14,23H,1-3H3. The number of ketones is 1. The van der Waals surface area contributed by atoms with Crippen LogP contribution in [-0.4, -0.2) is 10.9 Å². The number of halogens is 5. The van der Waals surface area contributed by atoms with Crippen molar-refractivity contribution in [2.24, 2.45) is 5.41 Å². The molecule has 0 saturated carbocycles. The van der Waals surface area contributed by atoms with Gasteiger partial charge in [0.2, 0.25) is 0 Å². The van der Waals surface area contributed by atoms with Crippen LogP contribution >= 0.6 is 0 Å². The summed E-state index contributed by atoms with van der Waals surface area (Å²) in [5.41, 5.74) is -5.00. The molecule has 0 bridgehead atoms. The van der Waals surface area contributed by atoms with Crippen LogP contribution in [0.5, 0.6) is 0 Å². The number of aliphatic hydroxyl groups excluding tert-OH is 1. The van der Waals surface area contributed by atoms with E-state index in [-0.39, 0.29) is 6.07 Å². The first kappa shape index (κ1) is 19.6. The number of allylic oxidation sites excluding steroid dienone is 1. The molecule has 130 valence electrons. The van der Waals surface area contributed by atoms with Crippen molar-refractivity contribution in [3.8, 4) is 6.07 Å². The summed E-state index contributed by atoms with van der Waals surface area (Å²) in [4.78, 5) is 12.1. The van der Waals surface area contributed by atoms with E-state index in [2.05, 4.69) is 0 Å². The van der Waals surface area contributed by atoms with Crippen LogP contribution in [0.15, 0.2) is 23.8 Å². The maximum atomic E-state index is 13.1. The van der Waals surface area contributed by atoms with E-state index in [0.717, 1.165) is 0 Å². The van der Waals surface area contributed by atoms with Crippen molar-refractivity contribution in [3.05, 3.63) is 40.5 Å². The summed E-state index contributed by atoms with van der Waals surface area (Å²) in [6.07, 6.45) is -8.19. The van der Waals surface area contributed by atoms with E-state index in [1.54, 1.807) is 0 Å². The lowest BCUT2D eigenvalue weighted by Gasteiger charge is -2.18. The van der Waals surface area contributed by atoms with Gasteiger partial charge in [0.1, 0.15) is 17.4 Å². The van der Waals surface area contributed by atoms with E-state index < -0.39 is 51.8 Å². The highest BCUT2D eigenvalue weighted by Crippen LogP contribution is 2.36. The number of benzene rings is 1. The summed E-state index contributed by atoms with van der Waals surface area (Å²) < 4.78 is 64.1. The molecule has 0 aliphatic carbocycles. The molecule has 0 amide bonds. The fourth-order valence-corrected chi connectivity index (χ4v) is 1.86. The number of Topliss-reactive ketones (excluding diaryl/α,β-unsaturated/α-hetero) is 1. The topological polar surface area (TPSA) is 61.1 Å². The molecule has 8 heteroatoms. The first-order valence-corrected chi connectivity index (χ1v) is 6.68. The Morgan fingerprint density at radius 1 is 1.21 bits per heavy atom. The van der Waals surface area contributed by atoms with E-state index in [4.69, 9.17) is 5.26 Å². The van der Waals surface area contributed by atoms with Crippen LogP contribution in [0.3, 0.4) is 0 Å². The zero-order valence-electron chi connectivity index (χ0n) is 13.0. The van der Waals surface area contributed by atoms with E-state index in [9.17, 15) is 31.9 Å². The molecular weight excluding hydrogens is 333 g/mol. The van der Waals surface area contributed by atoms with Gasteiger partial charge in [-0.05, 0) is 12.1 Å². The Hall–Kier alpha value is -2.43. The van der Waals surface area contributed by atoms with Crippen LogP contribution in [0, 0.1) is 16.7 Å². The minimum Gasteiger partial charge on any atom is -0.506 e. The van der Waals surface area contributed by atoms with Gasteiger partial charge >= 0.3 is 6.18 Å². The SMILES string of the molecule is CC(C)(C)C(=O)C(C#N)=C(O)c1ccc(C(F)(F)F)cc1C(F)F. The van der Waals surface area contributed by atoms with E-state index >= 15 is 0 Å². The molecule has 1 N–H and O–H groups in total. The van der Waals surface area contributed by atoms with Crippen LogP contribution < -0.4 is 0 Å². The fourth-order valence-electron chi connectivity index (χ4n) is 1.86. The summed E-state index contributed by atoms with van der Waals surface area (Å²) >= 11 is 0. The molecule has 24 heavy (non-hydrogen) atoms. The first-order valence-electron chi connectivity index (χ1n) is 6.68. The largest absolute Gasteiger partial charge is 0.506 e. The lowest BCUT2D eigenvalue weighted by molar-refractivity contribution is -0.137. The predicted octanol–water partition coefficient (Wildman–Crippen LogP) is 5.05. The number of rotatable bonds is 3. The molecule has 0 fully saturated rings. The molecular formula is C16H14F5NO2. The van der Waals surface area contributed by atoms with Gasteiger partial charge in [-0.25, -0.2) is 8.78 Å². The van der Waals surface area contributed by atoms with Crippen molar-refractivity contribution in [2.45, 2.75) is 33.4 Å². The predicted molar refractivity (Wildman–Crippen MR) is 76.0 cm³/mol. The molecule has 0 aliphatic heterocycles. The minimum atomic E-state index is -4.85. The Bertz CT molecular complexity index is 721. The number of hydrogen-bond acceptors (Lipinski definition) is 3. The minimum absolute atomic E-state index is 0.187. The highest BCUT2D eigenvalue weighted by Gasteiger charge is 2.34. The zero-order valence-corrected chi connectivity index (χ0v) is 13.0. The van der Waals surface area contributed by atoms with Gasteiger partial charge in [0.05, 0.1) is 5.56 Å². The number of nitrogens with zero attached hydrogens (tertiary/aromatic N) is 1. The number of alkyl halides is 5. The van der Waals surface area contributed by atoms with Crippen LogP contribution in [0.4, 0.5) is 22.0 Å². The maximum Gasteiger partial charge on any atom is 0.416 e. The van der Waals surface area contributed by atoms with Gasteiger partial charge in [0.15, 0.2) is 5.78 Å².